The third-order valence-electron chi connectivity index (χ3n) is 3.52. The molecule has 3 N–H and O–H groups in total. The lowest BCUT2D eigenvalue weighted by Gasteiger charge is -2.34. The van der Waals surface area contributed by atoms with Crippen molar-refractivity contribution in [2.24, 2.45) is 0 Å². The van der Waals surface area contributed by atoms with Gasteiger partial charge in [-0.2, -0.15) is 0 Å². The molecule has 1 saturated carbocycles. The van der Waals surface area contributed by atoms with Gasteiger partial charge in [0.2, 0.25) is 0 Å². The lowest BCUT2D eigenvalue weighted by molar-refractivity contribution is -0.148. The van der Waals surface area contributed by atoms with Crippen LogP contribution in [0.25, 0.3) is 0 Å². The Kier molecular flexibility index (Phi) is 2.99. The molecule has 0 spiro atoms. The molecule has 96 valence electrons. The summed E-state index contributed by atoms with van der Waals surface area (Å²) in [4.78, 5) is 23.0. The summed E-state index contributed by atoms with van der Waals surface area (Å²) in [6.07, 6.45) is 2.52. The predicted octanol–water partition coefficient (Wildman–Crippen LogP) is 0.472. The fourth-order valence-electron chi connectivity index (χ4n) is 1.95. The zero-order valence-electron chi connectivity index (χ0n) is 9.91. The molecular formula is C11H18N2O4. The van der Waals surface area contributed by atoms with Gasteiger partial charge in [0, 0.05) is 31.6 Å². The highest BCUT2D eigenvalue weighted by atomic mass is 16.5. The van der Waals surface area contributed by atoms with Gasteiger partial charge < -0.3 is 20.5 Å². The molecule has 1 aliphatic heterocycles. The zero-order chi connectivity index (χ0) is 12.5. The number of carbonyl (C=O) groups excluding carboxylic acids is 1. The van der Waals surface area contributed by atoms with Crippen molar-refractivity contribution in [2.75, 3.05) is 13.2 Å². The second kappa shape index (κ2) is 4.18. The second-order valence-electron chi connectivity index (χ2n) is 5.14. The third kappa shape index (κ3) is 2.69. The number of nitrogens with one attached hydrogen (secondary N) is 2. The summed E-state index contributed by atoms with van der Waals surface area (Å²) in [6, 6.07) is -0.394. The van der Waals surface area contributed by atoms with Crippen molar-refractivity contribution in [3.63, 3.8) is 0 Å². The minimum absolute atomic E-state index is 0.144. The maximum atomic E-state index is 11.8. The average molecular weight is 242 g/mol. The Morgan fingerprint density at radius 1 is 1.12 bits per heavy atom. The van der Waals surface area contributed by atoms with Crippen molar-refractivity contribution in [1.82, 2.24) is 10.6 Å². The monoisotopic (exact) mass is 242 g/mol. The number of carboxylic acids is 1. The van der Waals surface area contributed by atoms with Gasteiger partial charge in [-0.3, -0.25) is 0 Å². The van der Waals surface area contributed by atoms with Crippen LogP contribution in [0.15, 0.2) is 0 Å². The quantitative estimate of drug-likeness (QED) is 0.671. The first-order valence-electron chi connectivity index (χ1n) is 5.87. The number of ether oxygens (including phenoxy) is 1. The summed E-state index contributed by atoms with van der Waals surface area (Å²) in [6.45, 7) is 2.68. The van der Waals surface area contributed by atoms with Gasteiger partial charge in [0.15, 0.2) is 0 Å². The molecule has 0 unspecified atom stereocenters. The van der Waals surface area contributed by atoms with Crippen molar-refractivity contribution >= 4 is 12.0 Å². The molecule has 17 heavy (non-hydrogen) atoms. The summed E-state index contributed by atoms with van der Waals surface area (Å²) in [5, 5.41) is 14.7. The predicted molar refractivity (Wildman–Crippen MR) is 59.7 cm³/mol. The van der Waals surface area contributed by atoms with Gasteiger partial charge in [0.05, 0.1) is 0 Å². The second-order valence-corrected chi connectivity index (χ2v) is 5.14. The molecule has 1 saturated heterocycles. The highest BCUT2D eigenvalue weighted by molar-refractivity contribution is 5.86. The first-order valence-corrected chi connectivity index (χ1v) is 5.87. The summed E-state index contributed by atoms with van der Waals surface area (Å²) >= 11 is 0. The fraction of sp³-hybridized carbons (Fsp3) is 0.818. The van der Waals surface area contributed by atoms with E-state index in [9.17, 15) is 14.7 Å². The molecule has 0 atom stereocenters. The van der Waals surface area contributed by atoms with E-state index in [0.717, 1.165) is 12.8 Å². The molecule has 0 radical (unpaired) electrons. The Balaban J connectivity index is 1.97. The van der Waals surface area contributed by atoms with Crippen molar-refractivity contribution in [1.29, 1.82) is 0 Å². The lowest BCUT2D eigenvalue weighted by atomic mass is 9.90. The van der Waals surface area contributed by atoms with E-state index in [4.69, 9.17) is 4.74 Å². The summed E-state index contributed by atoms with van der Waals surface area (Å²) in [5.41, 5.74) is -1.32. The average Bonchev–Trinajstić information content (AvgIpc) is 2.96. The van der Waals surface area contributed by atoms with Gasteiger partial charge in [-0.1, -0.05) is 0 Å². The standard InChI is InChI=1S/C11H18N2O4/c1-10(2-3-10)12-9(16)13-11(8(14)15)4-6-17-7-5-11/h2-7H2,1H3,(H,14,15)(H2,12,13,16). The number of hydrogen-bond donors (Lipinski definition) is 3. The SMILES string of the molecule is CC1(NC(=O)NC2(C(=O)O)CCOCC2)CC1. The van der Waals surface area contributed by atoms with Crippen LogP contribution in [0, 0.1) is 0 Å². The number of urea groups is 1. The molecule has 2 amide bonds. The number of amides is 2. The van der Waals surface area contributed by atoms with Crippen LogP contribution >= 0.6 is 0 Å². The van der Waals surface area contributed by atoms with Crippen molar-refractivity contribution < 1.29 is 19.4 Å². The third-order valence-corrected chi connectivity index (χ3v) is 3.52. The molecule has 2 aliphatic rings. The van der Waals surface area contributed by atoms with Crippen LogP contribution in [0.3, 0.4) is 0 Å². The molecule has 0 bridgehead atoms. The number of carbonyl (C=O) groups is 2. The molecule has 6 heteroatoms. The van der Waals surface area contributed by atoms with Gasteiger partial charge in [0.1, 0.15) is 5.54 Å². The first kappa shape index (κ1) is 12.2. The number of carboxylic acid groups (broad SMARTS) is 1. The first-order chi connectivity index (χ1) is 7.96. The molecule has 2 fully saturated rings. The van der Waals surface area contributed by atoms with Crippen LogP contribution in [0.2, 0.25) is 0 Å². The summed E-state index contributed by atoms with van der Waals surface area (Å²) < 4.78 is 5.13. The molecule has 2 rings (SSSR count). The normalized spacial score (nSPS) is 24.8. The number of aliphatic carboxylic acids is 1. The van der Waals surface area contributed by atoms with Crippen LogP contribution < -0.4 is 10.6 Å². The van der Waals surface area contributed by atoms with Gasteiger partial charge in [0.25, 0.3) is 0 Å². The highest BCUT2D eigenvalue weighted by Crippen LogP contribution is 2.34. The van der Waals surface area contributed by atoms with Crippen molar-refractivity contribution in [3.8, 4) is 0 Å². The Labute approximate surface area is 99.7 Å². The van der Waals surface area contributed by atoms with E-state index >= 15 is 0 Å². The van der Waals surface area contributed by atoms with Gasteiger partial charge >= 0.3 is 12.0 Å². The van der Waals surface area contributed by atoms with Crippen LogP contribution in [-0.4, -0.2) is 41.4 Å². The fourth-order valence-corrected chi connectivity index (χ4v) is 1.95. The van der Waals surface area contributed by atoms with E-state index in [-0.39, 0.29) is 5.54 Å². The minimum Gasteiger partial charge on any atom is -0.480 e. The lowest BCUT2D eigenvalue weighted by Crippen LogP contribution is -2.60. The van der Waals surface area contributed by atoms with Crippen LogP contribution in [0.5, 0.6) is 0 Å². The van der Waals surface area contributed by atoms with E-state index in [1.165, 1.54) is 0 Å². The van der Waals surface area contributed by atoms with Gasteiger partial charge in [-0.15, -0.1) is 0 Å². The highest BCUT2D eigenvalue weighted by Gasteiger charge is 2.44. The summed E-state index contributed by atoms with van der Waals surface area (Å²) in [7, 11) is 0. The van der Waals surface area contributed by atoms with E-state index in [1.54, 1.807) is 0 Å². The Morgan fingerprint density at radius 2 is 1.71 bits per heavy atom. The molecule has 0 aromatic rings. The number of hydrogen-bond acceptors (Lipinski definition) is 3. The van der Waals surface area contributed by atoms with Gasteiger partial charge in [-0.25, -0.2) is 9.59 Å². The van der Waals surface area contributed by atoms with Gasteiger partial charge in [-0.05, 0) is 19.8 Å². The van der Waals surface area contributed by atoms with Crippen molar-refractivity contribution in [2.45, 2.75) is 43.7 Å². The van der Waals surface area contributed by atoms with E-state index < -0.39 is 17.5 Å². The zero-order valence-corrected chi connectivity index (χ0v) is 9.91. The van der Waals surface area contributed by atoms with E-state index in [2.05, 4.69) is 10.6 Å². The molecule has 6 nitrogen and oxygen atoms in total. The van der Waals surface area contributed by atoms with E-state index in [0.29, 0.717) is 26.1 Å². The summed E-state index contributed by atoms with van der Waals surface area (Å²) in [5.74, 6) is -0.989. The molecule has 1 heterocycles. The maximum absolute atomic E-state index is 11.8. The van der Waals surface area contributed by atoms with Crippen molar-refractivity contribution in [3.05, 3.63) is 0 Å². The van der Waals surface area contributed by atoms with Crippen LogP contribution in [0.4, 0.5) is 4.79 Å². The topological polar surface area (TPSA) is 87.7 Å². The van der Waals surface area contributed by atoms with E-state index in [1.807, 2.05) is 6.92 Å². The molecule has 0 aromatic heterocycles. The Bertz CT molecular complexity index is 332. The number of rotatable bonds is 3. The largest absolute Gasteiger partial charge is 0.480 e. The molecule has 1 aliphatic carbocycles. The Morgan fingerprint density at radius 3 is 2.18 bits per heavy atom. The minimum atomic E-state index is -1.17. The molecular weight excluding hydrogens is 224 g/mol. The Hall–Kier alpha value is -1.30. The molecule has 0 aromatic carbocycles. The maximum Gasteiger partial charge on any atom is 0.329 e. The van der Waals surface area contributed by atoms with Crippen LogP contribution in [-0.2, 0) is 9.53 Å². The smallest absolute Gasteiger partial charge is 0.329 e. The van der Waals surface area contributed by atoms with Crippen LogP contribution in [0.1, 0.15) is 32.6 Å².